The van der Waals surface area contributed by atoms with E-state index in [4.69, 9.17) is 4.74 Å². The number of ether oxygens (including phenoxy) is 1. The first-order chi connectivity index (χ1) is 12.1. The van der Waals surface area contributed by atoms with Gasteiger partial charge in [-0.2, -0.15) is 0 Å². The Morgan fingerprint density at radius 3 is 2.60 bits per heavy atom. The second kappa shape index (κ2) is 7.49. The summed E-state index contributed by atoms with van der Waals surface area (Å²) in [5.74, 6) is 0.358. The zero-order valence-corrected chi connectivity index (χ0v) is 14.6. The molecule has 0 bridgehead atoms. The molecule has 1 heterocycles. The van der Waals surface area contributed by atoms with Crippen LogP contribution in [0.15, 0.2) is 54.6 Å². The van der Waals surface area contributed by atoms with Crippen LogP contribution in [0.2, 0.25) is 0 Å². The summed E-state index contributed by atoms with van der Waals surface area (Å²) in [6.07, 6.45) is 0.233. The lowest BCUT2D eigenvalue weighted by Gasteiger charge is -2.20. The summed E-state index contributed by atoms with van der Waals surface area (Å²) < 4.78 is 5.48. The minimum Gasteiger partial charge on any atom is -0.494 e. The van der Waals surface area contributed by atoms with Crippen molar-refractivity contribution in [3.8, 4) is 5.75 Å². The normalized spacial score (nSPS) is 18.5. The van der Waals surface area contributed by atoms with Gasteiger partial charge in [-0.15, -0.1) is 0 Å². The largest absolute Gasteiger partial charge is 0.494 e. The molecule has 0 aromatic heterocycles. The molecule has 25 heavy (non-hydrogen) atoms. The molecule has 3 rings (SSSR count). The Labute approximate surface area is 147 Å². The first kappa shape index (κ1) is 17.2. The van der Waals surface area contributed by atoms with Crippen LogP contribution in [-0.2, 0) is 16.1 Å². The van der Waals surface area contributed by atoms with Gasteiger partial charge in [0.1, 0.15) is 12.3 Å². The number of amides is 2. The van der Waals surface area contributed by atoms with Gasteiger partial charge in [-0.05, 0) is 19.1 Å². The van der Waals surface area contributed by atoms with E-state index in [0.29, 0.717) is 24.6 Å². The number of rotatable bonds is 6. The number of likely N-dealkylation sites (N-methyl/N-ethyl adjacent to an activating group) is 1. The molecule has 5 heteroatoms. The van der Waals surface area contributed by atoms with Crippen molar-refractivity contribution in [1.29, 1.82) is 0 Å². The fourth-order valence-electron chi connectivity index (χ4n) is 3.21. The van der Waals surface area contributed by atoms with E-state index < -0.39 is 0 Å². The van der Waals surface area contributed by atoms with E-state index in [9.17, 15) is 9.59 Å². The van der Waals surface area contributed by atoms with Gasteiger partial charge in [0.15, 0.2) is 6.04 Å². The number of hydrogen-bond acceptors (Lipinski definition) is 3. The van der Waals surface area contributed by atoms with Crippen LogP contribution < -0.4 is 14.5 Å². The molecule has 0 saturated carbocycles. The number of carbonyl (C=O) groups is 2. The van der Waals surface area contributed by atoms with Gasteiger partial charge < -0.3 is 9.64 Å². The molecule has 1 fully saturated rings. The van der Waals surface area contributed by atoms with Crippen molar-refractivity contribution in [2.75, 3.05) is 18.6 Å². The summed E-state index contributed by atoms with van der Waals surface area (Å²) in [7, 11) is 1.96. The number of anilines is 1. The molecule has 1 N–H and O–H groups in total. The van der Waals surface area contributed by atoms with Crippen LogP contribution in [0.4, 0.5) is 5.69 Å². The Morgan fingerprint density at radius 2 is 1.88 bits per heavy atom. The maximum atomic E-state index is 12.9. The van der Waals surface area contributed by atoms with Crippen molar-refractivity contribution in [3.05, 3.63) is 60.2 Å². The predicted octanol–water partition coefficient (Wildman–Crippen LogP) is 1.43. The number of nitrogens with one attached hydrogen (secondary N) is 1. The molecule has 1 unspecified atom stereocenters. The third kappa shape index (κ3) is 3.72. The number of benzene rings is 2. The molecule has 1 aliphatic heterocycles. The van der Waals surface area contributed by atoms with E-state index in [0.717, 1.165) is 10.5 Å². The highest BCUT2D eigenvalue weighted by atomic mass is 16.5. The quantitative estimate of drug-likeness (QED) is 0.810. The number of carbonyl (C=O) groups excluding carboxylic acids is 2. The fraction of sp³-hybridized carbons (Fsp3) is 0.300. The van der Waals surface area contributed by atoms with Crippen LogP contribution in [0.1, 0.15) is 18.9 Å². The zero-order valence-electron chi connectivity index (χ0n) is 14.6. The Kier molecular flexibility index (Phi) is 5.14. The molecular weight excluding hydrogens is 316 g/mol. The SMILES string of the molecule is CCOc1cccc(N2C(=O)C[C@H]([NH+](C)Cc3ccccc3)C2=O)c1. The van der Waals surface area contributed by atoms with Gasteiger partial charge in [-0.3, -0.25) is 9.59 Å². The maximum Gasteiger partial charge on any atom is 0.292 e. The Hall–Kier alpha value is -2.66. The smallest absolute Gasteiger partial charge is 0.292 e. The van der Waals surface area contributed by atoms with Crippen LogP contribution in [0.25, 0.3) is 0 Å². The summed E-state index contributed by atoms with van der Waals surface area (Å²) in [5, 5.41) is 0. The molecule has 130 valence electrons. The molecule has 1 aliphatic rings. The maximum absolute atomic E-state index is 12.9. The van der Waals surface area contributed by atoms with Gasteiger partial charge in [0.25, 0.3) is 5.91 Å². The van der Waals surface area contributed by atoms with Gasteiger partial charge in [0.05, 0.1) is 25.8 Å². The van der Waals surface area contributed by atoms with E-state index in [1.54, 1.807) is 18.2 Å². The summed E-state index contributed by atoms with van der Waals surface area (Å²) >= 11 is 0. The number of imide groups is 1. The van der Waals surface area contributed by atoms with E-state index in [1.807, 2.05) is 50.4 Å². The monoisotopic (exact) mass is 339 g/mol. The Morgan fingerprint density at radius 1 is 1.12 bits per heavy atom. The van der Waals surface area contributed by atoms with E-state index in [-0.39, 0.29) is 24.3 Å². The minimum atomic E-state index is -0.358. The van der Waals surface area contributed by atoms with Crippen molar-refractivity contribution >= 4 is 17.5 Å². The average molecular weight is 339 g/mol. The van der Waals surface area contributed by atoms with Crippen LogP contribution in [-0.4, -0.2) is 31.5 Å². The molecule has 2 atom stereocenters. The van der Waals surface area contributed by atoms with Crippen molar-refractivity contribution in [2.24, 2.45) is 0 Å². The number of nitrogens with zero attached hydrogens (tertiary/aromatic N) is 1. The van der Waals surface area contributed by atoms with Crippen molar-refractivity contribution < 1.29 is 19.2 Å². The molecule has 2 aromatic rings. The lowest BCUT2D eigenvalue weighted by atomic mass is 10.1. The Balaban J connectivity index is 1.77. The minimum absolute atomic E-state index is 0.146. The second-order valence-corrected chi connectivity index (χ2v) is 6.26. The van der Waals surface area contributed by atoms with E-state index in [2.05, 4.69) is 0 Å². The highest BCUT2D eigenvalue weighted by Gasteiger charge is 2.44. The van der Waals surface area contributed by atoms with Crippen LogP contribution >= 0.6 is 0 Å². The van der Waals surface area contributed by atoms with Gasteiger partial charge in [-0.1, -0.05) is 36.4 Å². The third-order valence-electron chi connectivity index (χ3n) is 4.45. The average Bonchev–Trinajstić information content (AvgIpc) is 2.91. The lowest BCUT2D eigenvalue weighted by molar-refractivity contribution is -0.908. The van der Waals surface area contributed by atoms with E-state index >= 15 is 0 Å². The summed E-state index contributed by atoms with van der Waals surface area (Å²) in [5.41, 5.74) is 1.73. The molecule has 1 saturated heterocycles. The predicted molar refractivity (Wildman–Crippen MR) is 95.5 cm³/mol. The molecule has 0 radical (unpaired) electrons. The second-order valence-electron chi connectivity index (χ2n) is 6.26. The molecule has 2 amide bonds. The highest BCUT2D eigenvalue weighted by molar-refractivity contribution is 6.21. The summed E-state index contributed by atoms with van der Waals surface area (Å²) in [4.78, 5) is 27.6. The van der Waals surface area contributed by atoms with Crippen LogP contribution in [0, 0.1) is 0 Å². The lowest BCUT2D eigenvalue weighted by Crippen LogP contribution is -3.12. The van der Waals surface area contributed by atoms with Gasteiger partial charge in [0, 0.05) is 11.6 Å². The molecule has 5 nitrogen and oxygen atoms in total. The van der Waals surface area contributed by atoms with Gasteiger partial charge in [-0.25, -0.2) is 4.90 Å². The summed E-state index contributed by atoms with van der Waals surface area (Å²) in [6.45, 7) is 3.14. The van der Waals surface area contributed by atoms with Crippen LogP contribution in [0.3, 0.4) is 0 Å². The van der Waals surface area contributed by atoms with Crippen molar-refractivity contribution in [1.82, 2.24) is 0 Å². The van der Waals surface area contributed by atoms with Crippen LogP contribution in [0.5, 0.6) is 5.75 Å². The van der Waals surface area contributed by atoms with Gasteiger partial charge in [0.2, 0.25) is 5.91 Å². The molecule has 2 aromatic carbocycles. The van der Waals surface area contributed by atoms with Crippen molar-refractivity contribution in [2.45, 2.75) is 25.9 Å². The Bertz CT molecular complexity index is 761. The number of quaternary nitrogens is 1. The van der Waals surface area contributed by atoms with Crippen molar-refractivity contribution in [3.63, 3.8) is 0 Å². The first-order valence-electron chi connectivity index (χ1n) is 8.56. The summed E-state index contributed by atoms with van der Waals surface area (Å²) in [6, 6.07) is 16.8. The number of hydrogen-bond donors (Lipinski definition) is 1. The molecular formula is C20H23N2O3+. The zero-order chi connectivity index (χ0) is 17.8. The molecule has 0 spiro atoms. The van der Waals surface area contributed by atoms with E-state index in [1.165, 1.54) is 4.90 Å². The first-order valence-corrected chi connectivity index (χ1v) is 8.56. The third-order valence-corrected chi connectivity index (χ3v) is 4.45. The topological polar surface area (TPSA) is 51.0 Å². The molecule has 0 aliphatic carbocycles. The fourth-order valence-corrected chi connectivity index (χ4v) is 3.21. The van der Waals surface area contributed by atoms with Gasteiger partial charge >= 0.3 is 0 Å². The standard InChI is InChI=1S/C20H22N2O3/c1-3-25-17-11-7-10-16(12-17)22-19(23)13-18(20(22)24)21(2)14-15-8-5-4-6-9-15/h4-12,18H,3,13-14H2,1-2H3/p+1/t18-/m0/s1. The highest BCUT2D eigenvalue weighted by Crippen LogP contribution is 2.26.